The molecule has 5 heteroatoms. The number of rotatable bonds is 1. The van der Waals surface area contributed by atoms with Gasteiger partial charge in [0.05, 0.1) is 18.4 Å². The van der Waals surface area contributed by atoms with E-state index in [1.165, 1.54) is 6.66 Å². The molecule has 1 heterocycles. The zero-order valence-corrected chi connectivity index (χ0v) is 8.86. The molecule has 0 aliphatic rings. The van der Waals surface area contributed by atoms with Crippen molar-refractivity contribution >= 4 is 24.0 Å². The Morgan fingerprint density at radius 2 is 2.07 bits per heavy atom. The highest BCUT2D eigenvalue weighted by Gasteiger charge is 2.13. The van der Waals surface area contributed by atoms with Crippen molar-refractivity contribution in [3.63, 3.8) is 0 Å². The second-order valence-electron chi connectivity index (χ2n) is 3.31. The molecule has 74 valence electrons. The summed E-state index contributed by atoms with van der Waals surface area (Å²) in [5.41, 5.74) is 1.68. The van der Waals surface area contributed by atoms with Gasteiger partial charge in [-0.25, -0.2) is 4.98 Å². The lowest BCUT2D eigenvalue weighted by atomic mass is 10.3. The lowest BCUT2D eigenvalue weighted by molar-refractivity contribution is -0.170. The first-order valence-corrected chi connectivity index (χ1v) is 6.28. The predicted octanol–water partition coefficient (Wildman–Crippen LogP) is 0.467. The van der Waals surface area contributed by atoms with Crippen LogP contribution in [0.4, 0.5) is 0 Å². The van der Waals surface area contributed by atoms with E-state index in [-0.39, 0.29) is 5.57 Å². The van der Waals surface area contributed by atoms with Gasteiger partial charge in [0.2, 0.25) is 0 Å². The minimum absolute atomic E-state index is 0.138. The van der Waals surface area contributed by atoms with Gasteiger partial charge < -0.3 is 14.0 Å². The maximum absolute atomic E-state index is 11.4. The first kappa shape index (κ1) is 9.44. The molecule has 1 atom stereocenters. The molecular weight excluding hydrogens is 199 g/mol. The van der Waals surface area contributed by atoms with E-state index < -0.39 is 7.37 Å². The van der Waals surface area contributed by atoms with Crippen molar-refractivity contribution in [2.45, 2.75) is 0 Å². The molecule has 4 nitrogen and oxygen atoms in total. The number of nitrogens with zero attached hydrogens (tertiary/aromatic N) is 2. The quantitative estimate of drug-likeness (QED) is 0.641. The summed E-state index contributed by atoms with van der Waals surface area (Å²) in [6.07, 6.45) is 0. The highest BCUT2D eigenvalue weighted by Crippen LogP contribution is 2.29. The molecule has 2 aromatic rings. The van der Waals surface area contributed by atoms with Crippen LogP contribution >= 0.6 is 7.37 Å². The molecule has 0 N–H and O–H groups in total. The van der Waals surface area contributed by atoms with Gasteiger partial charge >= 0.3 is 0 Å². The standard InChI is InChI=1S/C9H11N2O2P/c1-11-8-6-4-3-5-7(8)10-9(11)14(2,12)13/h3-6H,1-2H3,(H,12,13)/p-1. The number of fused-ring (bicyclic) bond motifs is 1. The van der Waals surface area contributed by atoms with E-state index >= 15 is 0 Å². The SMILES string of the molecule is Cn1c(P(C)(=O)[O-])nc2ccccc21. The van der Waals surface area contributed by atoms with Crippen molar-refractivity contribution in [2.24, 2.45) is 7.05 Å². The van der Waals surface area contributed by atoms with Crippen molar-refractivity contribution in [3.05, 3.63) is 24.3 Å². The van der Waals surface area contributed by atoms with Crippen molar-refractivity contribution in [1.82, 2.24) is 9.55 Å². The molecule has 14 heavy (non-hydrogen) atoms. The molecule has 1 aromatic carbocycles. The lowest BCUT2D eigenvalue weighted by Crippen LogP contribution is -2.22. The maximum Gasteiger partial charge on any atom is 0.155 e. The Labute approximate surface area is 81.7 Å². The third-order valence-corrected chi connectivity index (χ3v) is 3.25. The zero-order chi connectivity index (χ0) is 10.3. The fourth-order valence-corrected chi connectivity index (χ4v) is 2.44. The summed E-state index contributed by atoms with van der Waals surface area (Å²) < 4.78 is 13.0. The van der Waals surface area contributed by atoms with Crippen LogP contribution in [0.2, 0.25) is 0 Å². The molecule has 0 fully saturated rings. The van der Waals surface area contributed by atoms with E-state index in [0.717, 1.165) is 5.52 Å². The van der Waals surface area contributed by atoms with Crippen molar-refractivity contribution < 1.29 is 9.46 Å². The molecule has 0 aliphatic carbocycles. The molecule has 0 amide bonds. The van der Waals surface area contributed by atoms with Crippen LogP contribution in [0.1, 0.15) is 0 Å². The summed E-state index contributed by atoms with van der Waals surface area (Å²) >= 11 is 0. The van der Waals surface area contributed by atoms with Crippen LogP contribution < -0.4 is 10.5 Å². The summed E-state index contributed by atoms with van der Waals surface area (Å²) in [6, 6.07) is 7.35. The van der Waals surface area contributed by atoms with Crippen molar-refractivity contribution in [3.8, 4) is 0 Å². The van der Waals surface area contributed by atoms with Crippen LogP contribution in [0.25, 0.3) is 11.0 Å². The van der Waals surface area contributed by atoms with Gasteiger partial charge in [-0.15, -0.1) is 0 Å². The molecule has 0 saturated carbocycles. The van der Waals surface area contributed by atoms with E-state index in [4.69, 9.17) is 0 Å². The molecule has 0 saturated heterocycles. The Morgan fingerprint density at radius 1 is 1.43 bits per heavy atom. The minimum atomic E-state index is -3.53. The van der Waals surface area contributed by atoms with Crippen LogP contribution in [-0.4, -0.2) is 16.2 Å². The molecule has 1 aromatic heterocycles. The van der Waals surface area contributed by atoms with E-state index in [9.17, 15) is 9.46 Å². The molecule has 2 rings (SSSR count). The molecule has 1 unspecified atom stereocenters. The first-order chi connectivity index (χ1) is 6.50. The highest BCUT2D eigenvalue weighted by molar-refractivity contribution is 7.63. The maximum atomic E-state index is 11.4. The van der Waals surface area contributed by atoms with E-state index in [1.54, 1.807) is 17.7 Å². The van der Waals surface area contributed by atoms with E-state index in [0.29, 0.717) is 5.52 Å². The van der Waals surface area contributed by atoms with E-state index in [1.807, 2.05) is 18.2 Å². The average molecular weight is 209 g/mol. The number of imidazole rings is 1. The molecular formula is C9H10N2O2P-. The van der Waals surface area contributed by atoms with Crippen molar-refractivity contribution in [1.29, 1.82) is 0 Å². The Hall–Kier alpha value is -1.12. The third kappa shape index (κ3) is 1.37. The Balaban J connectivity index is 2.82. The van der Waals surface area contributed by atoms with Gasteiger partial charge in [0.15, 0.2) is 5.57 Å². The monoisotopic (exact) mass is 209 g/mol. The number of aromatic nitrogens is 2. The summed E-state index contributed by atoms with van der Waals surface area (Å²) in [7, 11) is -1.82. The second-order valence-corrected chi connectivity index (χ2v) is 5.40. The van der Waals surface area contributed by atoms with Crippen LogP contribution in [0.5, 0.6) is 0 Å². The Morgan fingerprint density at radius 3 is 2.64 bits per heavy atom. The van der Waals surface area contributed by atoms with Crippen LogP contribution in [0.3, 0.4) is 0 Å². The summed E-state index contributed by atoms with van der Waals surface area (Å²) in [6.45, 7) is 1.19. The smallest absolute Gasteiger partial charge is 0.155 e. The minimum Gasteiger partial charge on any atom is -0.794 e. The van der Waals surface area contributed by atoms with Gasteiger partial charge in [0.1, 0.15) is 0 Å². The third-order valence-electron chi connectivity index (χ3n) is 2.13. The molecule has 0 spiro atoms. The highest BCUT2D eigenvalue weighted by atomic mass is 31.2. The zero-order valence-electron chi connectivity index (χ0n) is 7.97. The van der Waals surface area contributed by atoms with Gasteiger partial charge in [0, 0.05) is 7.05 Å². The van der Waals surface area contributed by atoms with Gasteiger partial charge in [-0.1, -0.05) is 12.1 Å². The molecule has 0 bridgehead atoms. The van der Waals surface area contributed by atoms with Gasteiger partial charge in [-0.05, 0) is 18.8 Å². The number of para-hydroxylation sites is 2. The Kier molecular flexibility index (Phi) is 1.98. The Bertz CT molecular complexity index is 527. The summed E-state index contributed by atoms with van der Waals surface area (Å²) in [4.78, 5) is 15.4. The molecule has 0 radical (unpaired) electrons. The molecule has 0 aliphatic heterocycles. The largest absolute Gasteiger partial charge is 0.794 e. The fraction of sp³-hybridized carbons (Fsp3) is 0.222. The fourth-order valence-electron chi connectivity index (χ4n) is 1.50. The van der Waals surface area contributed by atoms with Crippen LogP contribution in [-0.2, 0) is 11.6 Å². The summed E-state index contributed by atoms with van der Waals surface area (Å²) in [5.74, 6) is 0. The van der Waals surface area contributed by atoms with Crippen molar-refractivity contribution in [2.75, 3.05) is 6.66 Å². The second kappa shape index (κ2) is 2.94. The van der Waals surface area contributed by atoms with Gasteiger partial charge in [-0.3, -0.25) is 0 Å². The van der Waals surface area contributed by atoms with E-state index in [2.05, 4.69) is 4.98 Å². The normalized spacial score (nSPS) is 15.6. The lowest BCUT2D eigenvalue weighted by Gasteiger charge is -2.16. The number of hydrogen-bond donors (Lipinski definition) is 0. The average Bonchev–Trinajstić information content (AvgIpc) is 2.44. The van der Waals surface area contributed by atoms with Crippen LogP contribution in [0, 0.1) is 0 Å². The number of hydrogen-bond acceptors (Lipinski definition) is 3. The van der Waals surface area contributed by atoms with Gasteiger partial charge in [-0.2, -0.15) is 0 Å². The van der Waals surface area contributed by atoms with Gasteiger partial charge in [0.25, 0.3) is 0 Å². The summed E-state index contributed by atoms with van der Waals surface area (Å²) in [5, 5.41) is 0. The first-order valence-electron chi connectivity index (χ1n) is 4.20. The van der Waals surface area contributed by atoms with Crippen LogP contribution in [0.15, 0.2) is 24.3 Å². The number of benzene rings is 1. The number of aryl methyl sites for hydroxylation is 1. The predicted molar refractivity (Wildman–Crippen MR) is 53.9 cm³/mol. The topological polar surface area (TPSA) is 58.0 Å².